The molecule has 3 rings (SSSR count). The van der Waals surface area contributed by atoms with E-state index in [1.54, 1.807) is 32.0 Å². The third-order valence-electron chi connectivity index (χ3n) is 3.47. The SMILES string of the molecule is Cc1noc(C)c1CN1c2cc(Cl)ccc2CS1(=O)=O. The van der Waals surface area contributed by atoms with E-state index in [-0.39, 0.29) is 12.3 Å². The van der Waals surface area contributed by atoms with Crippen LogP contribution < -0.4 is 4.31 Å². The summed E-state index contributed by atoms with van der Waals surface area (Å²) in [6, 6.07) is 5.14. The highest BCUT2D eigenvalue weighted by atomic mass is 35.5. The molecule has 20 heavy (non-hydrogen) atoms. The number of aromatic nitrogens is 1. The molecule has 1 aliphatic heterocycles. The number of fused-ring (bicyclic) bond motifs is 1. The Labute approximate surface area is 122 Å². The van der Waals surface area contributed by atoms with Gasteiger partial charge >= 0.3 is 0 Å². The van der Waals surface area contributed by atoms with Crippen LogP contribution >= 0.6 is 11.6 Å². The number of halogens is 1. The first-order chi connectivity index (χ1) is 9.38. The lowest BCUT2D eigenvalue weighted by atomic mass is 10.1. The van der Waals surface area contributed by atoms with Crippen molar-refractivity contribution in [3.63, 3.8) is 0 Å². The van der Waals surface area contributed by atoms with Crippen LogP contribution in [0.2, 0.25) is 5.02 Å². The zero-order valence-electron chi connectivity index (χ0n) is 11.1. The third-order valence-corrected chi connectivity index (χ3v) is 5.38. The van der Waals surface area contributed by atoms with E-state index in [0.717, 1.165) is 11.1 Å². The van der Waals surface area contributed by atoms with E-state index in [2.05, 4.69) is 5.16 Å². The molecule has 0 spiro atoms. The van der Waals surface area contributed by atoms with Crippen molar-refractivity contribution in [3.8, 4) is 0 Å². The Bertz CT molecular complexity index is 763. The number of hydrogen-bond donors (Lipinski definition) is 0. The summed E-state index contributed by atoms with van der Waals surface area (Å²) in [5.74, 6) is 0.635. The number of rotatable bonds is 2. The van der Waals surface area contributed by atoms with Gasteiger partial charge in [0, 0.05) is 10.6 Å². The maximum Gasteiger partial charge on any atom is 0.239 e. The predicted octanol–water partition coefficient (Wildman–Crippen LogP) is 2.79. The first kappa shape index (κ1) is 13.5. The number of anilines is 1. The minimum atomic E-state index is -3.37. The Morgan fingerprint density at radius 1 is 1.40 bits per heavy atom. The average molecular weight is 313 g/mol. The summed E-state index contributed by atoms with van der Waals surface area (Å²) in [5, 5.41) is 4.38. The fourth-order valence-electron chi connectivity index (χ4n) is 2.37. The van der Waals surface area contributed by atoms with Crippen molar-refractivity contribution in [1.82, 2.24) is 5.16 Å². The molecule has 1 aromatic carbocycles. The number of benzene rings is 1. The van der Waals surface area contributed by atoms with Crippen LogP contribution in [0.15, 0.2) is 22.7 Å². The zero-order valence-corrected chi connectivity index (χ0v) is 12.6. The lowest BCUT2D eigenvalue weighted by Crippen LogP contribution is -2.26. The van der Waals surface area contributed by atoms with Gasteiger partial charge in [0.15, 0.2) is 0 Å². The maximum absolute atomic E-state index is 12.3. The minimum absolute atomic E-state index is 0.00285. The van der Waals surface area contributed by atoms with Gasteiger partial charge in [-0.2, -0.15) is 0 Å². The molecular formula is C13H13ClN2O3S. The van der Waals surface area contributed by atoms with Crippen molar-refractivity contribution >= 4 is 27.3 Å². The van der Waals surface area contributed by atoms with Crippen LogP contribution in [-0.2, 0) is 22.3 Å². The molecule has 1 aliphatic rings. The molecule has 0 fully saturated rings. The standard InChI is InChI=1S/C13H13ClN2O3S/c1-8-12(9(2)19-15-8)6-16-13-5-11(14)4-3-10(13)7-20(16,17)18/h3-5H,6-7H2,1-2H3. The van der Waals surface area contributed by atoms with Gasteiger partial charge in [0.05, 0.1) is 23.7 Å². The van der Waals surface area contributed by atoms with Crippen LogP contribution in [0.4, 0.5) is 5.69 Å². The Morgan fingerprint density at radius 2 is 2.15 bits per heavy atom. The van der Waals surface area contributed by atoms with Crippen molar-refractivity contribution in [1.29, 1.82) is 0 Å². The summed E-state index contributed by atoms with van der Waals surface area (Å²) in [5.41, 5.74) is 2.90. The van der Waals surface area contributed by atoms with Crippen molar-refractivity contribution in [3.05, 3.63) is 45.8 Å². The molecule has 7 heteroatoms. The molecule has 0 aliphatic carbocycles. The molecule has 0 radical (unpaired) electrons. The van der Waals surface area contributed by atoms with Crippen molar-refractivity contribution in [2.75, 3.05) is 4.31 Å². The van der Waals surface area contributed by atoms with Gasteiger partial charge in [0.25, 0.3) is 0 Å². The molecule has 0 amide bonds. The van der Waals surface area contributed by atoms with E-state index < -0.39 is 10.0 Å². The second-order valence-electron chi connectivity index (χ2n) is 4.84. The molecule has 2 aromatic rings. The maximum atomic E-state index is 12.3. The van der Waals surface area contributed by atoms with E-state index in [1.165, 1.54) is 4.31 Å². The first-order valence-corrected chi connectivity index (χ1v) is 8.08. The summed E-state index contributed by atoms with van der Waals surface area (Å²) in [6.45, 7) is 3.79. The third kappa shape index (κ3) is 2.09. The van der Waals surface area contributed by atoms with Gasteiger partial charge in [-0.15, -0.1) is 0 Å². The molecule has 5 nitrogen and oxygen atoms in total. The van der Waals surface area contributed by atoms with Gasteiger partial charge < -0.3 is 4.52 Å². The molecule has 0 bridgehead atoms. The highest BCUT2D eigenvalue weighted by Gasteiger charge is 2.34. The zero-order chi connectivity index (χ0) is 14.5. The Kier molecular flexibility index (Phi) is 3.02. The highest BCUT2D eigenvalue weighted by molar-refractivity contribution is 7.92. The van der Waals surface area contributed by atoms with Crippen LogP contribution in [-0.4, -0.2) is 13.6 Å². The molecular weight excluding hydrogens is 300 g/mol. The largest absolute Gasteiger partial charge is 0.361 e. The Morgan fingerprint density at radius 3 is 2.80 bits per heavy atom. The number of sulfonamides is 1. The van der Waals surface area contributed by atoms with E-state index in [1.807, 2.05) is 0 Å². The lowest BCUT2D eigenvalue weighted by molar-refractivity contribution is 0.392. The Hall–Kier alpha value is -1.53. The molecule has 0 saturated carbocycles. The van der Waals surface area contributed by atoms with Crippen LogP contribution in [0.5, 0.6) is 0 Å². The van der Waals surface area contributed by atoms with E-state index in [4.69, 9.17) is 16.1 Å². The van der Waals surface area contributed by atoms with Gasteiger partial charge in [0.1, 0.15) is 5.76 Å². The van der Waals surface area contributed by atoms with Gasteiger partial charge in [-0.3, -0.25) is 4.31 Å². The van der Waals surface area contributed by atoms with E-state index >= 15 is 0 Å². The van der Waals surface area contributed by atoms with Crippen LogP contribution in [0.3, 0.4) is 0 Å². The van der Waals surface area contributed by atoms with Gasteiger partial charge in [-0.25, -0.2) is 8.42 Å². The van der Waals surface area contributed by atoms with Crippen molar-refractivity contribution in [2.24, 2.45) is 0 Å². The summed E-state index contributed by atoms with van der Waals surface area (Å²) in [6.07, 6.45) is 0. The van der Waals surface area contributed by atoms with Gasteiger partial charge in [-0.1, -0.05) is 22.8 Å². The molecule has 1 aromatic heterocycles. The normalized spacial score (nSPS) is 16.4. The number of hydrogen-bond acceptors (Lipinski definition) is 4. The second kappa shape index (κ2) is 4.49. The predicted molar refractivity (Wildman–Crippen MR) is 76.2 cm³/mol. The van der Waals surface area contributed by atoms with Crippen molar-refractivity contribution in [2.45, 2.75) is 26.1 Å². The number of aryl methyl sites for hydroxylation is 2. The molecule has 0 saturated heterocycles. The summed E-state index contributed by atoms with van der Waals surface area (Å²) >= 11 is 5.97. The summed E-state index contributed by atoms with van der Waals surface area (Å²) in [7, 11) is -3.37. The topological polar surface area (TPSA) is 63.4 Å². The smallest absolute Gasteiger partial charge is 0.239 e. The first-order valence-electron chi connectivity index (χ1n) is 6.09. The minimum Gasteiger partial charge on any atom is -0.361 e. The second-order valence-corrected chi connectivity index (χ2v) is 7.17. The molecule has 0 unspecified atom stereocenters. The molecule has 106 valence electrons. The van der Waals surface area contributed by atoms with E-state index in [9.17, 15) is 8.42 Å². The van der Waals surface area contributed by atoms with Crippen molar-refractivity contribution < 1.29 is 12.9 Å². The van der Waals surface area contributed by atoms with E-state index in [0.29, 0.717) is 22.2 Å². The summed E-state index contributed by atoms with van der Waals surface area (Å²) < 4.78 is 31.1. The highest BCUT2D eigenvalue weighted by Crippen LogP contribution is 2.37. The quantitative estimate of drug-likeness (QED) is 0.855. The van der Waals surface area contributed by atoms with Crippen LogP contribution in [0.1, 0.15) is 22.6 Å². The fraction of sp³-hybridized carbons (Fsp3) is 0.308. The molecule has 2 heterocycles. The Balaban J connectivity index is 2.07. The molecule has 0 N–H and O–H groups in total. The summed E-state index contributed by atoms with van der Waals surface area (Å²) in [4.78, 5) is 0. The van der Waals surface area contributed by atoms with Crippen LogP contribution in [0.25, 0.3) is 0 Å². The molecule has 0 atom stereocenters. The van der Waals surface area contributed by atoms with Gasteiger partial charge in [0.2, 0.25) is 10.0 Å². The average Bonchev–Trinajstić information content (AvgIpc) is 2.81. The number of nitrogens with zero attached hydrogens (tertiary/aromatic N) is 2. The monoisotopic (exact) mass is 312 g/mol. The van der Waals surface area contributed by atoms with Gasteiger partial charge in [-0.05, 0) is 31.5 Å². The van der Waals surface area contributed by atoms with Crippen LogP contribution in [0, 0.1) is 13.8 Å². The fourth-order valence-corrected chi connectivity index (χ4v) is 4.12. The lowest BCUT2D eigenvalue weighted by Gasteiger charge is -2.18.